The average Bonchev–Trinajstić information content (AvgIpc) is 3.02. The normalized spacial score (nSPS) is 13.5. The van der Waals surface area contributed by atoms with Gasteiger partial charge >= 0.3 is 0 Å². The molecule has 2 nitrogen and oxygen atoms in total. The summed E-state index contributed by atoms with van der Waals surface area (Å²) >= 11 is 6.37. The lowest BCUT2D eigenvalue weighted by Gasteiger charge is -2.16. The smallest absolute Gasteiger partial charge is 0.196 e. The van der Waals surface area contributed by atoms with Crippen LogP contribution in [-0.2, 0) is 12.8 Å². The summed E-state index contributed by atoms with van der Waals surface area (Å²) in [5.41, 5.74) is 7.17. The Hall–Kier alpha value is -2.32. The van der Waals surface area contributed by atoms with Gasteiger partial charge in [-0.25, -0.2) is 0 Å². The highest BCUT2D eigenvalue weighted by atomic mass is 35.5. The van der Waals surface area contributed by atoms with Gasteiger partial charge in [-0.15, -0.1) is 0 Å². The minimum atomic E-state index is 0.0390. The second-order valence-corrected chi connectivity index (χ2v) is 7.55. The topological polar surface area (TPSA) is 22.0 Å². The summed E-state index contributed by atoms with van der Waals surface area (Å²) < 4.78 is 2.20. The van der Waals surface area contributed by atoms with Crippen LogP contribution in [0.1, 0.15) is 51.1 Å². The Kier molecular flexibility index (Phi) is 4.46. The molecule has 0 bridgehead atoms. The Labute approximate surface area is 159 Å². The van der Waals surface area contributed by atoms with Crippen molar-refractivity contribution in [1.29, 1.82) is 0 Å². The number of halogens is 1. The fraction of sp³-hybridized carbons (Fsp3) is 0.261. The van der Waals surface area contributed by atoms with Crippen LogP contribution in [0.2, 0.25) is 5.02 Å². The monoisotopic (exact) mass is 363 g/mol. The highest BCUT2D eigenvalue weighted by Crippen LogP contribution is 2.32. The molecule has 0 amide bonds. The Balaban J connectivity index is 1.87. The van der Waals surface area contributed by atoms with Crippen molar-refractivity contribution in [2.45, 2.75) is 39.5 Å². The van der Waals surface area contributed by atoms with Crippen LogP contribution in [-0.4, -0.2) is 10.4 Å². The number of hydrogen-bond acceptors (Lipinski definition) is 1. The molecular formula is C23H22ClNO. The maximum atomic E-state index is 13.4. The lowest BCUT2D eigenvalue weighted by molar-refractivity contribution is 0.103. The van der Waals surface area contributed by atoms with Gasteiger partial charge in [-0.3, -0.25) is 4.79 Å². The van der Waals surface area contributed by atoms with Gasteiger partial charge in [0.05, 0.1) is 5.02 Å². The third-order valence-electron chi connectivity index (χ3n) is 5.32. The number of hydrogen-bond donors (Lipinski definition) is 0. The van der Waals surface area contributed by atoms with Crippen molar-refractivity contribution in [2.75, 3.05) is 0 Å². The van der Waals surface area contributed by atoms with E-state index in [4.69, 9.17) is 11.6 Å². The van der Waals surface area contributed by atoms with Crippen LogP contribution in [0.5, 0.6) is 0 Å². The van der Waals surface area contributed by atoms with Crippen LogP contribution in [0.15, 0.2) is 48.7 Å². The molecule has 26 heavy (non-hydrogen) atoms. The Morgan fingerprint density at radius 3 is 2.46 bits per heavy atom. The molecule has 0 saturated carbocycles. The quantitative estimate of drug-likeness (QED) is 0.534. The van der Waals surface area contributed by atoms with Gasteiger partial charge in [-0.1, -0.05) is 41.4 Å². The molecule has 0 radical (unpaired) electrons. The first-order chi connectivity index (χ1) is 12.6. The predicted octanol–water partition coefficient (Wildman–Crippen LogP) is 5.86. The van der Waals surface area contributed by atoms with Crippen LogP contribution in [0.25, 0.3) is 5.69 Å². The summed E-state index contributed by atoms with van der Waals surface area (Å²) in [6.07, 6.45) is 6.29. The summed E-state index contributed by atoms with van der Waals surface area (Å²) in [5.74, 6) is 0.0390. The Bertz CT molecular complexity index is 962. The molecular weight excluding hydrogens is 342 g/mol. The van der Waals surface area contributed by atoms with E-state index in [9.17, 15) is 4.79 Å². The van der Waals surface area contributed by atoms with E-state index in [2.05, 4.69) is 35.8 Å². The fourth-order valence-corrected chi connectivity index (χ4v) is 4.22. The van der Waals surface area contributed by atoms with E-state index >= 15 is 0 Å². The van der Waals surface area contributed by atoms with Gasteiger partial charge in [0.1, 0.15) is 0 Å². The molecule has 0 spiro atoms. The number of carbonyl (C=O) groups excluding carboxylic acids is 1. The molecule has 132 valence electrons. The van der Waals surface area contributed by atoms with Crippen molar-refractivity contribution in [3.8, 4) is 5.69 Å². The number of aryl methyl sites for hydroxylation is 2. The van der Waals surface area contributed by atoms with Gasteiger partial charge in [0.15, 0.2) is 5.78 Å². The van der Waals surface area contributed by atoms with Crippen molar-refractivity contribution in [3.05, 3.63) is 87.2 Å². The van der Waals surface area contributed by atoms with Gasteiger partial charge in [0.2, 0.25) is 0 Å². The van der Waals surface area contributed by atoms with Crippen LogP contribution in [0.4, 0.5) is 0 Å². The molecule has 3 heteroatoms. The number of nitrogens with zero attached hydrogens (tertiary/aromatic N) is 1. The standard InChI is InChI=1S/C23H22ClNO/c1-15-10-12-17(13-11-15)25-14-19(18-7-3-4-9-21(18)25)23(26)22-16(2)6-5-8-20(22)24/h5-6,8,10-14H,3-4,7,9H2,1-2H3. The first-order valence-corrected chi connectivity index (χ1v) is 9.54. The van der Waals surface area contributed by atoms with Crippen molar-refractivity contribution in [3.63, 3.8) is 0 Å². The first kappa shape index (κ1) is 17.1. The summed E-state index contributed by atoms with van der Waals surface area (Å²) in [5, 5.41) is 0.530. The highest BCUT2D eigenvalue weighted by Gasteiger charge is 2.26. The second kappa shape index (κ2) is 6.77. The molecule has 1 aliphatic rings. The Morgan fingerprint density at radius 2 is 1.73 bits per heavy atom. The van der Waals surface area contributed by atoms with Gasteiger partial charge in [0, 0.05) is 28.7 Å². The third kappa shape index (κ3) is 2.89. The lowest BCUT2D eigenvalue weighted by Crippen LogP contribution is -2.10. The number of rotatable bonds is 3. The summed E-state index contributed by atoms with van der Waals surface area (Å²) in [6.45, 7) is 4.03. The minimum Gasteiger partial charge on any atom is -0.320 e. The van der Waals surface area contributed by atoms with Crippen molar-refractivity contribution >= 4 is 17.4 Å². The molecule has 0 fully saturated rings. The molecule has 0 aliphatic heterocycles. The van der Waals surface area contributed by atoms with E-state index in [-0.39, 0.29) is 5.78 Å². The maximum Gasteiger partial charge on any atom is 0.196 e. The highest BCUT2D eigenvalue weighted by molar-refractivity contribution is 6.35. The zero-order chi connectivity index (χ0) is 18.3. The summed E-state index contributed by atoms with van der Waals surface area (Å²) in [4.78, 5) is 13.4. The molecule has 0 atom stereocenters. The van der Waals surface area contributed by atoms with Crippen molar-refractivity contribution in [1.82, 2.24) is 4.57 Å². The molecule has 1 aromatic heterocycles. The van der Waals surface area contributed by atoms with E-state index in [1.807, 2.05) is 25.3 Å². The van der Waals surface area contributed by atoms with E-state index in [0.29, 0.717) is 10.6 Å². The van der Waals surface area contributed by atoms with Crippen LogP contribution in [0.3, 0.4) is 0 Å². The number of fused-ring (bicyclic) bond motifs is 1. The molecule has 1 heterocycles. The lowest BCUT2D eigenvalue weighted by atomic mass is 9.91. The Morgan fingerprint density at radius 1 is 1.00 bits per heavy atom. The average molecular weight is 364 g/mol. The number of benzene rings is 2. The van der Waals surface area contributed by atoms with Gasteiger partial charge in [-0.05, 0) is 68.9 Å². The van der Waals surface area contributed by atoms with Gasteiger partial charge in [-0.2, -0.15) is 0 Å². The predicted molar refractivity (Wildman–Crippen MR) is 107 cm³/mol. The third-order valence-corrected chi connectivity index (χ3v) is 5.63. The van der Waals surface area contributed by atoms with E-state index < -0.39 is 0 Å². The summed E-state index contributed by atoms with van der Waals surface area (Å²) in [7, 11) is 0. The first-order valence-electron chi connectivity index (χ1n) is 9.16. The van der Waals surface area contributed by atoms with Crippen LogP contribution >= 0.6 is 11.6 Å². The number of carbonyl (C=O) groups is 1. The van der Waals surface area contributed by atoms with E-state index in [0.717, 1.165) is 36.1 Å². The maximum absolute atomic E-state index is 13.4. The fourth-order valence-electron chi connectivity index (χ4n) is 3.92. The minimum absolute atomic E-state index is 0.0390. The SMILES string of the molecule is Cc1ccc(-n2cc(C(=O)c3c(C)cccc3Cl)c3c2CCCC3)cc1. The molecule has 0 N–H and O–H groups in total. The molecule has 0 unspecified atom stereocenters. The number of ketones is 1. The van der Waals surface area contributed by atoms with Crippen molar-refractivity contribution in [2.24, 2.45) is 0 Å². The molecule has 4 rings (SSSR count). The van der Waals surface area contributed by atoms with Gasteiger partial charge < -0.3 is 4.57 Å². The number of aromatic nitrogens is 1. The van der Waals surface area contributed by atoms with Crippen molar-refractivity contribution < 1.29 is 4.79 Å². The van der Waals surface area contributed by atoms with E-state index in [1.165, 1.54) is 23.2 Å². The summed E-state index contributed by atoms with van der Waals surface area (Å²) in [6, 6.07) is 14.1. The van der Waals surface area contributed by atoms with E-state index in [1.54, 1.807) is 6.07 Å². The largest absolute Gasteiger partial charge is 0.320 e. The molecule has 1 aliphatic carbocycles. The van der Waals surface area contributed by atoms with Crippen LogP contribution in [0, 0.1) is 13.8 Å². The zero-order valence-electron chi connectivity index (χ0n) is 15.2. The second-order valence-electron chi connectivity index (χ2n) is 7.14. The van der Waals surface area contributed by atoms with Gasteiger partial charge in [0.25, 0.3) is 0 Å². The molecule has 0 saturated heterocycles. The molecule has 3 aromatic rings. The van der Waals surface area contributed by atoms with Crippen LogP contribution < -0.4 is 0 Å². The molecule has 2 aromatic carbocycles. The zero-order valence-corrected chi connectivity index (χ0v) is 15.9.